The highest BCUT2D eigenvalue weighted by Crippen LogP contribution is 2.38. The minimum atomic E-state index is -1.03. The van der Waals surface area contributed by atoms with Crippen molar-refractivity contribution >= 4 is 29.4 Å². The van der Waals surface area contributed by atoms with Crippen LogP contribution < -0.4 is 5.32 Å². The fraction of sp³-hybridized carbons (Fsp3) is 0.545. The SMILES string of the molecule is CC(C)c1ccc(NC(=O)COC(=O)C(C)N2C(=O)C3CCCCC3C2=O)cc1. The summed E-state index contributed by atoms with van der Waals surface area (Å²) in [4.78, 5) is 50.6. The molecule has 0 bridgehead atoms. The van der Waals surface area contributed by atoms with Gasteiger partial charge in [0, 0.05) is 5.69 Å². The van der Waals surface area contributed by atoms with Gasteiger partial charge in [-0.1, -0.05) is 38.8 Å². The number of rotatable bonds is 6. The van der Waals surface area contributed by atoms with Crippen LogP contribution in [-0.2, 0) is 23.9 Å². The Balaban J connectivity index is 1.52. The second-order valence-corrected chi connectivity index (χ2v) is 8.15. The summed E-state index contributed by atoms with van der Waals surface area (Å²) in [6, 6.07) is 6.41. The van der Waals surface area contributed by atoms with Crippen LogP contribution in [0.25, 0.3) is 0 Å². The lowest BCUT2D eigenvalue weighted by atomic mass is 9.81. The van der Waals surface area contributed by atoms with E-state index in [0.717, 1.165) is 23.3 Å². The lowest BCUT2D eigenvalue weighted by molar-refractivity contribution is -0.159. The van der Waals surface area contributed by atoms with Gasteiger partial charge in [0.25, 0.3) is 5.91 Å². The topological polar surface area (TPSA) is 92.8 Å². The molecule has 0 radical (unpaired) electrons. The molecule has 0 aromatic heterocycles. The van der Waals surface area contributed by atoms with E-state index in [1.807, 2.05) is 12.1 Å². The number of benzene rings is 1. The number of nitrogens with one attached hydrogen (secondary N) is 1. The van der Waals surface area contributed by atoms with Crippen LogP contribution in [0.3, 0.4) is 0 Å². The minimum Gasteiger partial charge on any atom is -0.454 e. The Morgan fingerprint density at radius 1 is 1.03 bits per heavy atom. The first kappa shape index (κ1) is 21.0. The standard InChI is InChI=1S/C22H28N2O5/c1-13(2)15-8-10-16(11-9-15)23-19(25)12-29-22(28)14(3)24-20(26)17-6-4-5-7-18(17)21(24)27/h8-11,13-14,17-18H,4-7,12H2,1-3H3,(H,23,25). The third-order valence-corrected chi connectivity index (χ3v) is 5.81. The summed E-state index contributed by atoms with van der Waals surface area (Å²) in [6.07, 6.45) is 3.22. The van der Waals surface area contributed by atoms with E-state index in [4.69, 9.17) is 4.74 Å². The molecule has 3 unspecified atom stereocenters. The molecule has 2 aliphatic rings. The lowest BCUT2D eigenvalue weighted by Crippen LogP contribution is -2.45. The largest absolute Gasteiger partial charge is 0.454 e. The normalized spacial score (nSPS) is 22.4. The summed E-state index contributed by atoms with van der Waals surface area (Å²) in [5.74, 6) is -2.06. The lowest BCUT2D eigenvalue weighted by Gasteiger charge is -2.21. The smallest absolute Gasteiger partial charge is 0.329 e. The van der Waals surface area contributed by atoms with E-state index >= 15 is 0 Å². The predicted molar refractivity (Wildman–Crippen MR) is 107 cm³/mol. The fourth-order valence-corrected chi connectivity index (χ4v) is 4.08. The molecule has 1 saturated heterocycles. The highest BCUT2D eigenvalue weighted by Gasteiger charge is 2.51. The first-order valence-corrected chi connectivity index (χ1v) is 10.2. The molecule has 2 fully saturated rings. The number of hydrogen-bond acceptors (Lipinski definition) is 5. The zero-order valence-corrected chi connectivity index (χ0v) is 17.1. The first-order valence-electron chi connectivity index (χ1n) is 10.2. The van der Waals surface area contributed by atoms with Gasteiger partial charge in [-0.25, -0.2) is 4.79 Å². The summed E-state index contributed by atoms with van der Waals surface area (Å²) in [7, 11) is 0. The molecule has 1 saturated carbocycles. The van der Waals surface area contributed by atoms with Crippen LogP contribution in [0.15, 0.2) is 24.3 Å². The average Bonchev–Trinajstić information content (AvgIpc) is 2.96. The van der Waals surface area contributed by atoms with Crippen molar-refractivity contribution in [3.05, 3.63) is 29.8 Å². The van der Waals surface area contributed by atoms with Gasteiger partial charge in [-0.3, -0.25) is 19.3 Å². The minimum absolute atomic E-state index is 0.293. The number of ether oxygens (including phenoxy) is 1. The molecule has 1 aliphatic carbocycles. The molecular formula is C22H28N2O5. The number of carbonyl (C=O) groups is 4. The molecule has 156 valence electrons. The molecule has 7 heteroatoms. The van der Waals surface area contributed by atoms with Gasteiger partial charge in [0.15, 0.2) is 6.61 Å². The molecule has 1 aliphatic heterocycles. The number of imide groups is 1. The number of likely N-dealkylation sites (tertiary alicyclic amines) is 1. The van der Waals surface area contributed by atoms with Crippen LogP contribution in [0.1, 0.15) is 57.9 Å². The molecule has 3 rings (SSSR count). The Morgan fingerprint density at radius 2 is 1.59 bits per heavy atom. The van der Waals surface area contributed by atoms with Crippen molar-refractivity contribution in [2.45, 2.75) is 58.4 Å². The van der Waals surface area contributed by atoms with Crippen LogP contribution in [0.5, 0.6) is 0 Å². The number of hydrogen-bond donors (Lipinski definition) is 1. The summed E-state index contributed by atoms with van der Waals surface area (Å²) in [5.41, 5.74) is 1.77. The van der Waals surface area contributed by atoms with Crippen molar-refractivity contribution in [2.75, 3.05) is 11.9 Å². The highest BCUT2D eigenvalue weighted by molar-refractivity contribution is 6.08. The highest BCUT2D eigenvalue weighted by atomic mass is 16.5. The van der Waals surface area contributed by atoms with E-state index in [2.05, 4.69) is 19.2 Å². The Bertz CT molecular complexity index is 778. The van der Waals surface area contributed by atoms with Crippen molar-refractivity contribution in [2.24, 2.45) is 11.8 Å². The monoisotopic (exact) mass is 400 g/mol. The van der Waals surface area contributed by atoms with Crippen molar-refractivity contribution in [1.82, 2.24) is 4.90 Å². The second-order valence-electron chi connectivity index (χ2n) is 8.15. The molecule has 3 amide bonds. The summed E-state index contributed by atoms with van der Waals surface area (Å²) < 4.78 is 5.07. The third kappa shape index (κ3) is 4.49. The van der Waals surface area contributed by atoms with Crippen molar-refractivity contribution in [3.8, 4) is 0 Å². The zero-order valence-electron chi connectivity index (χ0n) is 17.1. The third-order valence-electron chi connectivity index (χ3n) is 5.81. The van der Waals surface area contributed by atoms with Gasteiger partial charge in [0.2, 0.25) is 11.8 Å². The molecule has 1 aromatic rings. The van der Waals surface area contributed by atoms with Gasteiger partial charge in [0.05, 0.1) is 11.8 Å². The maximum atomic E-state index is 12.6. The van der Waals surface area contributed by atoms with Crippen LogP contribution in [-0.4, -0.2) is 41.2 Å². The van der Waals surface area contributed by atoms with Gasteiger partial charge >= 0.3 is 5.97 Å². The quantitative estimate of drug-likeness (QED) is 0.585. The van der Waals surface area contributed by atoms with Gasteiger partial charge in [-0.05, 0) is 43.4 Å². The number of amides is 3. The van der Waals surface area contributed by atoms with Gasteiger partial charge in [-0.15, -0.1) is 0 Å². The molecule has 1 N–H and O–H groups in total. The average molecular weight is 400 g/mol. The van der Waals surface area contributed by atoms with E-state index in [9.17, 15) is 19.2 Å². The second kappa shape index (κ2) is 8.76. The number of carbonyl (C=O) groups excluding carboxylic acids is 4. The molecule has 7 nitrogen and oxygen atoms in total. The Hall–Kier alpha value is -2.70. The van der Waals surface area contributed by atoms with E-state index in [0.29, 0.717) is 24.4 Å². The number of anilines is 1. The summed E-state index contributed by atoms with van der Waals surface area (Å²) >= 11 is 0. The van der Waals surface area contributed by atoms with Crippen LogP contribution in [0.2, 0.25) is 0 Å². The molecule has 3 atom stereocenters. The molecule has 29 heavy (non-hydrogen) atoms. The maximum Gasteiger partial charge on any atom is 0.329 e. The molecular weight excluding hydrogens is 372 g/mol. The Morgan fingerprint density at radius 3 is 2.10 bits per heavy atom. The van der Waals surface area contributed by atoms with Crippen molar-refractivity contribution < 1.29 is 23.9 Å². The zero-order chi connectivity index (χ0) is 21.1. The Labute approximate surface area is 170 Å². The van der Waals surface area contributed by atoms with Crippen LogP contribution >= 0.6 is 0 Å². The van der Waals surface area contributed by atoms with Crippen LogP contribution in [0.4, 0.5) is 5.69 Å². The van der Waals surface area contributed by atoms with E-state index in [1.165, 1.54) is 6.92 Å². The van der Waals surface area contributed by atoms with Gasteiger partial charge < -0.3 is 10.1 Å². The summed E-state index contributed by atoms with van der Waals surface area (Å²) in [6.45, 7) is 5.16. The van der Waals surface area contributed by atoms with E-state index in [1.54, 1.807) is 12.1 Å². The van der Waals surface area contributed by atoms with Gasteiger partial charge in [0.1, 0.15) is 6.04 Å². The molecule has 0 spiro atoms. The van der Waals surface area contributed by atoms with E-state index in [-0.39, 0.29) is 23.7 Å². The van der Waals surface area contributed by atoms with Crippen LogP contribution in [0, 0.1) is 11.8 Å². The fourth-order valence-electron chi connectivity index (χ4n) is 4.08. The summed E-state index contributed by atoms with van der Waals surface area (Å²) in [5, 5.41) is 2.67. The maximum absolute atomic E-state index is 12.6. The predicted octanol–water partition coefficient (Wildman–Crippen LogP) is 2.86. The first-order chi connectivity index (χ1) is 13.8. The number of nitrogens with zero attached hydrogens (tertiary/aromatic N) is 1. The van der Waals surface area contributed by atoms with Gasteiger partial charge in [-0.2, -0.15) is 0 Å². The van der Waals surface area contributed by atoms with Crippen molar-refractivity contribution in [3.63, 3.8) is 0 Å². The molecule has 1 aromatic carbocycles. The number of esters is 1. The van der Waals surface area contributed by atoms with Crippen molar-refractivity contribution in [1.29, 1.82) is 0 Å². The van der Waals surface area contributed by atoms with E-state index < -0.39 is 24.5 Å². The Kier molecular flexibility index (Phi) is 6.35. The number of fused-ring (bicyclic) bond motifs is 1. The molecule has 1 heterocycles.